The molecular formula is C25H25ClN4O2. The number of hydrogen-bond donors (Lipinski definition) is 0. The summed E-state index contributed by atoms with van der Waals surface area (Å²) >= 11 is 6.20. The zero-order valence-corrected chi connectivity index (χ0v) is 18.5. The largest absolute Gasteiger partial charge is 0.361 e. The summed E-state index contributed by atoms with van der Waals surface area (Å²) in [6.07, 6.45) is 7.13. The van der Waals surface area contributed by atoms with Crippen LogP contribution < -0.4 is 0 Å². The normalized spacial score (nSPS) is 23.7. The van der Waals surface area contributed by atoms with E-state index in [0.717, 1.165) is 16.7 Å². The second kappa shape index (κ2) is 8.98. The lowest BCUT2D eigenvalue weighted by Crippen LogP contribution is -2.59. The molecule has 164 valence electrons. The van der Waals surface area contributed by atoms with Crippen LogP contribution >= 0.6 is 11.6 Å². The molecule has 1 aromatic carbocycles. The number of rotatable bonds is 5. The molecule has 2 atom stereocenters. The first kappa shape index (κ1) is 21.1. The highest BCUT2D eigenvalue weighted by Crippen LogP contribution is 2.42. The van der Waals surface area contributed by atoms with Crippen molar-refractivity contribution in [2.45, 2.75) is 24.6 Å². The molecule has 4 heterocycles. The lowest BCUT2D eigenvalue weighted by Gasteiger charge is -2.42. The highest BCUT2D eigenvalue weighted by molar-refractivity contribution is 6.30. The molecule has 2 saturated heterocycles. The quantitative estimate of drug-likeness (QED) is 0.597. The van der Waals surface area contributed by atoms with Crippen molar-refractivity contribution in [3.05, 3.63) is 95.0 Å². The van der Waals surface area contributed by atoms with Crippen LogP contribution in [0.25, 0.3) is 0 Å². The monoisotopic (exact) mass is 448 g/mol. The fourth-order valence-electron chi connectivity index (χ4n) is 4.87. The molecule has 2 aromatic heterocycles. The molecule has 6 nitrogen and oxygen atoms in total. The molecule has 5 rings (SSSR count). The Labute approximate surface area is 192 Å². The molecule has 0 aliphatic carbocycles. The highest BCUT2D eigenvalue weighted by Gasteiger charge is 2.56. The maximum Gasteiger partial charge on any atom is 0.257 e. The number of nitrogens with zero attached hydrogens (tertiary/aromatic N) is 4. The van der Waals surface area contributed by atoms with E-state index in [0.29, 0.717) is 44.4 Å². The summed E-state index contributed by atoms with van der Waals surface area (Å²) in [6, 6.07) is 15.7. The standard InChI is InChI=1S/C25H25ClN4O2/c26-22-5-1-3-20(13-22)15-29-17-23(21-4-2-8-28-14-21)25(18-29)24(31)30(11-12-32-25)16-19-6-9-27-10-7-19/h1-10,13-14,23H,11-12,15-18H2/t23-,25+/m0/s1. The van der Waals surface area contributed by atoms with Gasteiger partial charge in [0.2, 0.25) is 0 Å². The Hall–Kier alpha value is -2.80. The summed E-state index contributed by atoms with van der Waals surface area (Å²) in [5.74, 6) is -0.0499. The molecule has 1 amide bonds. The molecule has 7 heteroatoms. The van der Waals surface area contributed by atoms with Crippen LogP contribution in [-0.4, -0.2) is 57.5 Å². The van der Waals surface area contributed by atoms with Crippen molar-refractivity contribution in [2.24, 2.45) is 0 Å². The zero-order chi connectivity index (χ0) is 22.0. The molecule has 2 fully saturated rings. The van der Waals surface area contributed by atoms with Crippen molar-refractivity contribution in [1.82, 2.24) is 19.8 Å². The van der Waals surface area contributed by atoms with E-state index >= 15 is 0 Å². The van der Waals surface area contributed by atoms with Crippen LogP contribution in [0.3, 0.4) is 0 Å². The third kappa shape index (κ3) is 4.13. The van der Waals surface area contributed by atoms with Gasteiger partial charge in [-0.15, -0.1) is 0 Å². The fraction of sp³-hybridized carbons (Fsp3) is 0.320. The van der Waals surface area contributed by atoms with Gasteiger partial charge in [0.15, 0.2) is 5.60 Å². The third-order valence-corrected chi connectivity index (χ3v) is 6.57. The third-order valence-electron chi connectivity index (χ3n) is 6.34. The van der Waals surface area contributed by atoms with Gasteiger partial charge in [0.05, 0.1) is 6.61 Å². The molecule has 2 aliphatic rings. The Balaban J connectivity index is 1.45. The van der Waals surface area contributed by atoms with Gasteiger partial charge in [-0.25, -0.2) is 0 Å². The minimum atomic E-state index is -0.924. The van der Waals surface area contributed by atoms with E-state index in [1.165, 1.54) is 0 Å². The Morgan fingerprint density at radius 3 is 2.69 bits per heavy atom. The number of carbonyl (C=O) groups is 1. The first-order valence-corrected chi connectivity index (χ1v) is 11.2. The van der Waals surface area contributed by atoms with Crippen molar-refractivity contribution in [1.29, 1.82) is 0 Å². The Kier molecular flexibility index (Phi) is 5.91. The number of carbonyl (C=O) groups excluding carboxylic acids is 1. The van der Waals surface area contributed by atoms with E-state index in [-0.39, 0.29) is 11.8 Å². The van der Waals surface area contributed by atoms with Crippen LogP contribution in [0.15, 0.2) is 73.3 Å². The second-order valence-electron chi connectivity index (χ2n) is 8.46. The van der Waals surface area contributed by atoms with Crippen LogP contribution in [0.2, 0.25) is 5.02 Å². The Bertz CT molecular complexity index is 1080. The van der Waals surface area contributed by atoms with Gasteiger partial charge in [-0.2, -0.15) is 0 Å². The summed E-state index contributed by atoms with van der Waals surface area (Å²) in [4.78, 5) is 26.5. The lowest BCUT2D eigenvalue weighted by atomic mass is 9.83. The van der Waals surface area contributed by atoms with Crippen LogP contribution in [0.1, 0.15) is 22.6 Å². The number of pyridine rings is 2. The molecule has 32 heavy (non-hydrogen) atoms. The summed E-state index contributed by atoms with van der Waals surface area (Å²) in [5, 5.41) is 0.716. The van der Waals surface area contributed by atoms with Crippen molar-refractivity contribution < 1.29 is 9.53 Å². The number of aromatic nitrogens is 2. The van der Waals surface area contributed by atoms with E-state index < -0.39 is 5.60 Å². The van der Waals surface area contributed by atoms with Gasteiger partial charge in [0.1, 0.15) is 0 Å². The van der Waals surface area contributed by atoms with Crippen molar-refractivity contribution in [3.8, 4) is 0 Å². The van der Waals surface area contributed by atoms with Crippen LogP contribution in [0.5, 0.6) is 0 Å². The van der Waals surface area contributed by atoms with Crippen molar-refractivity contribution in [2.75, 3.05) is 26.2 Å². The van der Waals surface area contributed by atoms with Gasteiger partial charge in [0, 0.05) is 68.5 Å². The smallest absolute Gasteiger partial charge is 0.257 e. The number of ether oxygens (including phenoxy) is 1. The topological polar surface area (TPSA) is 58.6 Å². The Morgan fingerprint density at radius 2 is 1.91 bits per heavy atom. The lowest BCUT2D eigenvalue weighted by molar-refractivity contribution is -0.173. The number of hydrogen-bond acceptors (Lipinski definition) is 5. The summed E-state index contributed by atoms with van der Waals surface area (Å²) < 4.78 is 6.37. The minimum absolute atomic E-state index is 0.0445. The SMILES string of the molecule is O=C1N(Cc2ccncc2)CCO[C@@]12CN(Cc1cccc(Cl)c1)C[C@H]2c1cccnc1. The van der Waals surface area contributed by atoms with Crippen LogP contribution in [0.4, 0.5) is 0 Å². The molecule has 0 bridgehead atoms. The number of likely N-dealkylation sites (tertiary alicyclic amines) is 1. The molecule has 0 radical (unpaired) electrons. The van der Waals surface area contributed by atoms with E-state index in [1.54, 1.807) is 18.6 Å². The molecule has 1 spiro atoms. The zero-order valence-electron chi connectivity index (χ0n) is 17.7. The van der Waals surface area contributed by atoms with E-state index in [2.05, 4.69) is 20.9 Å². The molecule has 0 unspecified atom stereocenters. The fourth-order valence-corrected chi connectivity index (χ4v) is 5.09. The Morgan fingerprint density at radius 1 is 1.03 bits per heavy atom. The van der Waals surface area contributed by atoms with Gasteiger partial charge in [0.25, 0.3) is 5.91 Å². The van der Waals surface area contributed by atoms with Gasteiger partial charge >= 0.3 is 0 Å². The molecule has 0 saturated carbocycles. The maximum atomic E-state index is 13.9. The highest BCUT2D eigenvalue weighted by atomic mass is 35.5. The van der Waals surface area contributed by atoms with Crippen molar-refractivity contribution >= 4 is 17.5 Å². The van der Waals surface area contributed by atoms with Crippen LogP contribution in [-0.2, 0) is 22.6 Å². The van der Waals surface area contributed by atoms with Gasteiger partial charge < -0.3 is 9.64 Å². The number of halogens is 1. The predicted molar refractivity (Wildman–Crippen MR) is 122 cm³/mol. The van der Waals surface area contributed by atoms with E-state index in [4.69, 9.17) is 16.3 Å². The average molecular weight is 449 g/mol. The number of benzene rings is 1. The molecule has 2 aliphatic heterocycles. The van der Waals surface area contributed by atoms with Gasteiger partial charge in [-0.3, -0.25) is 19.7 Å². The summed E-state index contributed by atoms with van der Waals surface area (Å²) in [6.45, 7) is 3.61. The molecule has 3 aromatic rings. The summed E-state index contributed by atoms with van der Waals surface area (Å²) in [5.41, 5.74) is 2.29. The van der Waals surface area contributed by atoms with Crippen molar-refractivity contribution in [3.63, 3.8) is 0 Å². The van der Waals surface area contributed by atoms with E-state index in [9.17, 15) is 4.79 Å². The predicted octanol–water partition coefficient (Wildman–Crippen LogP) is 3.53. The number of amides is 1. The van der Waals surface area contributed by atoms with Gasteiger partial charge in [-0.1, -0.05) is 29.8 Å². The molecule has 0 N–H and O–H groups in total. The van der Waals surface area contributed by atoms with E-state index in [1.807, 2.05) is 53.6 Å². The number of morpholine rings is 1. The molecular weight excluding hydrogens is 424 g/mol. The first-order valence-electron chi connectivity index (χ1n) is 10.8. The summed E-state index contributed by atoms with van der Waals surface area (Å²) in [7, 11) is 0. The minimum Gasteiger partial charge on any atom is -0.361 e. The van der Waals surface area contributed by atoms with Gasteiger partial charge in [-0.05, 0) is 47.0 Å². The maximum absolute atomic E-state index is 13.9. The average Bonchev–Trinajstić information content (AvgIpc) is 3.17. The first-order chi connectivity index (χ1) is 15.6. The van der Waals surface area contributed by atoms with Crippen LogP contribution in [0, 0.1) is 0 Å². The second-order valence-corrected chi connectivity index (χ2v) is 8.90.